The van der Waals surface area contributed by atoms with Crippen LogP contribution in [0.25, 0.3) is 28.0 Å². The van der Waals surface area contributed by atoms with Crippen LogP contribution in [0.5, 0.6) is 0 Å². The van der Waals surface area contributed by atoms with Gasteiger partial charge in [0, 0.05) is 5.56 Å². The maximum Gasteiger partial charge on any atom is 0.354 e. The van der Waals surface area contributed by atoms with Crippen LogP contribution in [-0.2, 0) is 4.74 Å². The zero-order valence-electron chi connectivity index (χ0n) is 13.8. The van der Waals surface area contributed by atoms with E-state index in [2.05, 4.69) is 4.98 Å². The first-order valence-corrected chi connectivity index (χ1v) is 8.17. The lowest BCUT2D eigenvalue weighted by atomic mass is 10.1. The van der Waals surface area contributed by atoms with Crippen LogP contribution in [0.4, 0.5) is 0 Å². The van der Waals surface area contributed by atoms with E-state index in [4.69, 9.17) is 9.84 Å². The van der Waals surface area contributed by atoms with Gasteiger partial charge in [-0.05, 0) is 25.1 Å². The summed E-state index contributed by atoms with van der Waals surface area (Å²) < 4.78 is 6.98. The monoisotopic (exact) mass is 331 g/mol. The summed E-state index contributed by atoms with van der Waals surface area (Å²) in [5, 5.41) is 4.70. The summed E-state index contributed by atoms with van der Waals surface area (Å²) in [5.74, 6) is -0.370. The summed E-state index contributed by atoms with van der Waals surface area (Å²) in [4.78, 5) is 15.2. The normalized spacial score (nSPS) is 10.9. The quantitative estimate of drug-likeness (QED) is 0.570. The Morgan fingerprint density at radius 3 is 2.44 bits per heavy atom. The molecule has 0 radical (unpaired) electrons. The van der Waals surface area contributed by atoms with Crippen molar-refractivity contribution in [1.82, 2.24) is 14.8 Å². The molecule has 2 aromatic heterocycles. The van der Waals surface area contributed by atoms with Gasteiger partial charge < -0.3 is 9.72 Å². The third-order valence-electron chi connectivity index (χ3n) is 4.00. The third-order valence-corrected chi connectivity index (χ3v) is 4.00. The number of H-pyrrole nitrogens is 1. The zero-order chi connectivity index (χ0) is 17.2. The first-order chi connectivity index (χ1) is 12.3. The van der Waals surface area contributed by atoms with Crippen molar-refractivity contribution in [2.75, 3.05) is 6.61 Å². The van der Waals surface area contributed by atoms with Gasteiger partial charge in [-0.25, -0.2) is 9.48 Å². The minimum absolute atomic E-state index is 0.338. The van der Waals surface area contributed by atoms with E-state index in [0.29, 0.717) is 12.3 Å². The molecule has 2 aromatic carbocycles. The Hall–Kier alpha value is -3.34. The van der Waals surface area contributed by atoms with Crippen molar-refractivity contribution in [3.63, 3.8) is 0 Å². The number of carbonyl (C=O) groups excluding carboxylic acids is 1. The van der Waals surface area contributed by atoms with Gasteiger partial charge in [0.2, 0.25) is 0 Å². The molecule has 0 spiro atoms. The van der Waals surface area contributed by atoms with Gasteiger partial charge in [0.1, 0.15) is 11.2 Å². The summed E-state index contributed by atoms with van der Waals surface area (Å²) >= 11 is 0. The van der Waals surface area contributed by atoms with Crippen LogP contribution in [0.2, 0.25) is 0 Å². The second kappa shape index (κ2) is 6.28. The molecule has 5 heteroatoms. The minimum Gasteiger partial charge on any atom is -0.461 e. The number of nitrogens with one attached hydrogen (secondary N) is 1. The number of benzene rings is 2. The summed E-state index contributed by atoms with van der Waals surface area (Å²) in [6.45, 7) is 2.13. The number of esters is 1. The second-order valence-electron chi connectivity index (χ2n) is 5.63. The van der Waals surface area contributed by atoms with E-state index >= 15 is 0 Å². The largest absolute Gasteiger partial charge is 0.461 e. The Morgan fingerprint density at radius 2 is 1.76 bits per heavy atom. The van der Waals surface area contributed by atoms with Gasteiger partial charge in [-0.3, -0.25) is 0 Å². The number of carbonyl (C=O) groups is 1. The predicted molar refractivity (Wildman–Crippen MR) is 96.8 cm³/mol. The van der Waals surface area contributed by atoms with Gasteiger partial charge in [-0.2, -0.15) is 5.10 Å². The summed E-state index contributed by atoms with van der Waals surface area (Å²) in [5.41, 5.74) is 4.85. The van der Waals surface area contributed by atoms with Crippen LogP contribution >= 0.6 is 0 Å². The molecule has 2 heterocycles. The molecule has 0 saturated carbocycles. The molecule has 0 saturated heterocycles. The first-order valence-electron chi connectivity index (χ1n) is 8.17. The molecule has 124 valence electrons. The lowest BCUT2D eigenvalue weighted by Crippen LogP contribution is -2.05. The highest BCUT2D eigenvalue weighted by Crippen LogP contribution is 2.31. The Kier molecular flexibility index (Phi) is 3.82. The molecule has 0 unspecified atom stereocenters. The number of ether oxygens (including phenoxy) is 1. The lowest BCUT2D eigenvalue weighted by Gasteiger charge is -2.08. The van der Waals surface area contributed by atoms with Crippen LogP contribution in [0.3, 0.4) is 0 Å². The highest BCUT2D eigenvalue weighted by Gasteiger charge is 2.19. The third kappa shape index (κ3) is 2.70. The Bertz CT molecular complexity index is 1020. The number of fused-ring (bicyclic) bond motifs is 1. The van der Waals surface area contributed by atoms with Crippen LogP contribution in [0.1, 0.15) is 17.4 Å². The molecule has 5 nitrogen and oxygen atoms in total. The number of para-hydroxylation sites is 1. The summed E-state index contributed by atoms with van der Waals surface area (Å²) in [6, 6.07) is 21.7. The fourth-order valence-corrected chi connectivity index (χ4v) is 2.90. The molecular formula is C20H17N3O2. The standard InChI is InChI=1S/C20H17N3O2/c1-2-25-20(24)17-13-16-18(21-17)19(14-9-5-3-6-10-14)23(22-16)15-11-7-4-8-12-15/h3-13,21H,2H2,1H3. The van der Waals surface area contributed by atoms with Crippen LogP contribution in [0.15, 0.2) is 66.7 Å². The molecule has 25 heavy (non-hydrogen) atoms. The molecular weight excluding hydrogens is 314 g/mol. The smallest absolute Gasteiger partial charge is 0.354 e. The number of nitrogens with zero attached hydrogens (tertiary/aromatic N) is 2. The number of hydrogen-bond acceptors (Lipinski definition) is 3. The fourth-order valence-electron chi connectivity index (χ4n) is 2.90. The Labute approximate surface area is 144 Å². The summed E-state index contributed by atoms with van der Waals surface area (Å²) in [7, 11) is 0. The van der Waals surface area contributed by atoms with Crippen molar-refractivity contribution in [3.8, 4) is 16.9 Å². The maximum absolute atomic E-state index is 12.0. The van der Waals surface area contributed by atoms with E-state index in [0.717, 1.165) is 28.0 Å². The van der Waals surface area contributed by atoms with Crippen molar-refractivity contribution in [3.05, 3.63) is 72.4 Å². The van der Waals surface area contributed by atoms with Crippen molar-refractivity contribution in [1.29, 1.82) is 0 Å². The van der Waals surface area contributed by atoms with Crippen molar-refractivity contribution in [2.45, 2.75) is 6.92 Å². The maximum atomic E-state index is 12.0. The molecule has 0 atom stereocenters. The number of hydrogen-bond donors (Lipinski definition) is 1. The van der Waals surface area contributed by atoms with E-state index in [1.807, 2.05) is 65.3 Å². The molecule has 4 rings (SSSR count). The zero-order valence-corrected chi connectivity index (χ0v) is 13.8. The number of aromatic nitrogens is 3. The number of aromatic amines is 1. The van der Waals surface area contributed by atoms with Crippen molar-refractivity contribution in [2.24, 2.45) is 0 Å². The highest BCUT2D eigenvalue weighted by atomic mass is 16.5. The van der Waals surface area contributed by atoms with Gasteiger partial charge in [0.05, 0.1) is 23.5 Å². The SMILES string of the molecule is CCOC(=O)c1cc2nn(-c3ccccc3)c(-c3ccccc3)c2[nH]1. The molecule has 1 N–H and O–H groups in total. The summed E-state index contributed by atoms with van der Waals surface area (Å²) in [6.07, 6.45) is 0. The van der Waals surface area contributed by atoms with E-state index in [1.165, 1.54) is 0 Å². The van der Waals surface area contributed by atoms with Gasteiger partial charge in [-0.1, -0.05) is 48.5 Å². The van der Waals surface area contributed by atoms with E-state index in [-0.39, 0.29) is 5.97 Å². The van der Waals surface area contributed by atoms with Gasteiger partial charge >= 0.3 is 5.97 Å². The molecule has 4 aromatic rings. The molecule has 0 bridgehead atoms. The highest BCUT2D eigenvalue weighted by molar-refractivity contribution is 5.98. The molecule has 0 aliphatic rings. The Morgan fingerprint density at radius 1 is 1.08 bits per heavy atom. The topological polar surface area (TPSA) is 59.9 Å². The lowest BCUT2D eigenvalue weighted by molar-refractivity contribution is 0.0520. The van der Waals surface area contributed by atoms with Crippen LogP contribution in [0, 0.1) is 0 Å². The number of rotatable bonds is 4. The van der Waals surface area contributed by atoms with Crippen molar-refractivity contribution < 1.29 is 9.53 Å². The molecule has 0 aliphatic heterocycles. The van der Waals surface area contributed by atoms with E-state index in [1.54, 1.807) is 13.0 Å². The van der Waals surface area contributed by atoms with E-state index < -0.39 is 0 Å². The average molecular weight is 331 g/mol. The van der Waals surface area contributed by atoms with Crippen molar-refractivity contribution >= 4 is 17.0 Å². The first kappa shape index (κ1) is 15.2. The van der Waals surface area contributed by atoms with Gasteiger partial charge in [0.15, 0.2) is 0 Å². The second-order valence-corrected chi connectivity index (χ2v) is 5.63. The average Bonchev–Trinajstić information content (AvgIpc) is 3.21. The van der Waals surface area contributed by atoms with E-state index in [9.17, 15) is 4.79 Å². The Balaban J connectivity index is 1.94. The minimum atomic E-state index is -0.370. The van der Waals surface area contributed by atoms with Crippen LogP contribution in [-0.4, -0.2) is 27.3 Å². The molecule has 0 aliphatic carbocycles. The fraction of sp³-hybridized carbons (Fsp3) is 0.100. The molecule has 0 fully saturated rings. The molecule has 0 amide bonds. The predicted octanol–water partition coefficient (Wildman–Crippen LogP) is 4.20. The van der Waals surface area contributed by atoms with Gasteiger partial charge in [-0.15, -0.1) is 0 Å². The van der Waals surface area contributed by atoms with Crippen LogP contribution < -0.4 is 0 Å². The van der Waals surface area contributed by atoms with Gasteiger partial charge in [0.25, 0.3) is 0 Å².